The number of nitrogens with one attached hydrogen (secondary N) is 1. The molecule has 1 heterocycles. The maximum atomic E-state index is 12.3. The fraction of sp³-hybridized carbons (Fsp3) is 0.353. The average molecular weight is 387 g/mol. The molecule has 0 aliphatic heterocycles. The van der Waals surface area contributed by atoms with Crippen molar-refractivity contribution in [2.75, 3.05) is 20.6 Å². The van der Waals surface area contributed by atoms with Crippen LogP contribution in [0.15, 0.2) is 35.0 Å². The number of carbonyl (C=O) groups excluding carboxylic acids is 1. The van der Waals surface area contributed by atoms with Crippen LogP contribution in [0.2, 0.25) is 10.0 Å². The van der Waals surface area contributed by atoms with Crippen molar-refractivity contribution >= 4 is 40.4 Å². The molecule has 1 aromatic carbocycles. The topological polar surface area (TPSA) is 41.6 Å². The SMILES string of the molecule is CC(Oc1cccc(Cl)c1Cl)C(=O)NCC(c1ccsc1)N(C)C. The molecule has 0 spiro atoms. The van der Waals surface area contributed by atoms with E-state index >= 15 is 0 Å². The zero-order chi connectivity index (χ0) is 17.7. The van der Waals surface area contributed by atoms with Gasteiger partial charge in [0.15, 0.2) is 6.10 Å². The minimum absolute atomic E-state index is 0.113. The third-order valence-electron chi connectivity index (χ3n) is 3.61. The number of benzene rings is 1. The van der Waals surface area contributed by atoms with Crippen molar-refractivity contribution in [1.82, 2.24) is 10.2 Å². The highest BCUT2D eigenvalue weighted by Crippen LogP contribution is 2.32. The molecule has 130 valence electrons. The number of carbonyl (C=O) groups is 1. The smallest absolute Gasteiger partial charge is 0.260 e. The molecule has 2 aromatic rings. The number of thiophene rings is 1. The Bertz CT molecular complexity index is 677. The first kappa shape index (κ1) is 19.1. The molecule has 2 atom stereocenters. The number of nitrogens with zero attached hydrogens (tertiary/aromatic N) is 1. The number of amides is 1. The molecule has 7 heteroatoms. The van der Waals surface area contributed by atoms with Gasteiger partial charge in [0.05, 0.1) is 11.1 Å². The Morgan fingerprint density at radius 2 is 2.08 bits per heavy atom. The summed E-state index contributed by atoms with van der Waals surface area (Å²) in [4.78, 5) is 14.4. The van der Waals surface area contributed by atoms with Crippen LogP contribution in [-0.4, -0.2) is 37.6 Å². The van der Waals surface area contributed by atoms with Crippen molar-refractivity contribution < 1.29 is 9.53 Å². The van der Waals surface area contributed by atoms with Crippen LogP contribution in [0, 0.1) is 0 Å². The molecule has 24 heavy (non-hydrogen) atoms. The molecule has 1 amide bonds. The summed E-state index contributed by atoms with van der Waals surface area (Å²) in [5.41, 5.74) is 1.18. The predicted molar refractivity (Wildman–Crippen MR) is 100 cm³/mol. The van der Waals surface area contributed by atoms with Crippen LogP contribution in [0.1, 0.15) is 18.5 Å². The molecule has 1 aromatic heterocycles. The van der Waals surface area contributed by atoms with E-state index in [1.165, 1.54) is 5.56 Å². The lowest BCUT2D eigenvalue weighted by molar-refractivity contribution is -0.127. The monoisotopic (exact) mass is 386 g/mol. The summed E-state index contributed by atoms with van der Waals surface area (Å²) < 4.78 is 5.63. The Morgan fingerprint density at radius 1 is 1.33 bits per heavy atom. The molecule has 0 aliphatic carbocycles. The largest absolute Gasteiger partial charge is 0.479 e. The quantitative estimate of drug-likeness (QED) is 0.773. The van der Waals surface area contributed by atoms with Crippen LogP contribution in [0.25, 0.3) is 0 Å². The lowest BCUT2D eigenvalue weighted by Gasteiger charge is -2.25. The van der Waals surface area contributed by atoms with Crippen molar-refractivity contribution in [3.05, 3.63) is 50.6 Å². The maximum Gasteiger partial charge on any atom is 0.260 e. The first-order valence-corrected chi connectivity index (χ1v) is 9.17. The van der Waals surface area contributed by atoms with Gasteiger partial charge in [-0.2, -0.15) is 11.3 Å². The van der Waals surface area contributed by atoms with Gasteiger partial charge in [-0.3, -0.25) is 4.79 Å². The minimum Gasteiger partial charge on any atom is -0.479 e. The van der Waals surface area contributed by atoms with E-state index in [-0.39, 0.29) is 11.9 Å². The molecule has 0 aliphatic rings. The van der Waals surface area contributed by atoms with Gasteiger partial charge in [0.1, 0.15) is 10.8 Å². The minimum atomic E-state index is -0.675. The molecule has 4 nitrogen and oxygen atoms in total. The number of likely N-dealkylation sites (N-methyl/N-ethyl adjacent to an activating group) is 1. The van der Waals surface area contributed by atoms with E-state index in [0.29, 0.717) is 22.3 Å². The average Bonchev–Trinajstić information content (AvgIpc) is 3.05. The lowest BCUT2D eigenvalue weighted by Crippen LogP contribution is -2.40. The molecular weight excluding hydrogens is 367 g/mol. The molecule has 0 saturated heterocycles. The van der Waals surface area contributed by atoms with Crippen LogP contribution in [0.5, 0.6) is 5.75 Å². The Hall–Kier alpha value is -1.27. The van der Waals surface area contributed by atoms with Gasteiger partial charge in [-0.15, -0.1) is 0 Å². The third-order valence-corrected chi connectivity index (χ3v) is 5.11. The summed E-state index contributed by atoms with van der Waals surface area (Å²) in [6.07, 6.45) is -0.675. The molecule has 1 N–H and O–H groups in total. The van der Waals surface area contributed by atoms with Crippen LogP contribution in [0.4, 0.5) is 0 Å². The van der Waals surface area contributed by atoms with Gasteiger partial charge in [-0.1, -0.05) is 29.3 Å². The van der Waals surface area contributed by atoms with Crippen molar-refractivity contribution in [3.8, 4) is 5.75 Å². The van der Waals surface area contributed by atoms with Gasteiger partial charge >= 0.3 is 0 Å². The molecule has 0 saturated carbocycles. The normalized spacial score (nSPS) is 13.6. The highest BCUT2D eigenvalue weighted by Gasteiger charge is 2.20. The van der Waals surface area contributed by atoms with Gasteiger partial charge in [0.2, 0.25) is 0 Å². The zero-order valence-electron chi connectivity index (χ0n) is 13.8. The van der Waals surface area contributed by atoms with Crippen molar-refractivity contribution in [2.24, 2.45) is 0 Å². The van der Waals surface area contributed by atoms with E-state index < -0.39 is 6.10 Å². The molecule has 0 fully saturated rings. The number of ether oxygens (including phenoxy) is 1. The Balaban J connectivity index is 1.95. The number of hydrogen-bond acceptors (Lipinski definition) is 4. The highest BCUT2D eigenvalue weighted by atomic mass is 35.5. The molecule has 2 rings (SSSR count). The summed E-state index contributed by atoms with van der Waals surface area (Å²) in [5, 5.41) is 7.75. The summed E-state index contributed by atoms with van der Waals surface area (Å²) in [6.45, 7) is 2.18. The predicted octanol–water partition coefficient (Wildman–Crippen LogP) is 4.24. The summed E-state index contributed by atoms with van der Waals surface area (Å²) in [5.74, 6) is 0.196. The van der Waals surface area contributed by atoms with Gasteiger partial charge in [-0.05, 0) is 55.5 Å². The fourth-order valence-corrected chi connectivity index (χ4v) is 3.27. The van der Waals surface area contributed by atoms with Crippen molar-refractivity contribution in [3.63, 3.8) is 0 Å². The van der Waals surface area contributed by atoms with Crippen LogP contribution < -0.4 is 10.1 Å². The Labute approximate surface area is 156 Å². The Kier molecular flexibility index (Phi) is 6.92. The van der Waals surface area contributed by atoms with Crippen LogP contribution in [-0.2, 0) is 4.79 Å². The number of halogens is 2. The molecular formula is C17H20Cl2N2O2S. The summed E-state index contributed by atoms with van der Waals surface area (Å²) in [7, 11) is 3.97. The molecule has 0 radical (unpaired) electrons. The molecule has 0 bridgehead atoms. The standard InChI is InChI=1S/C17H20Cl2N2O2S/c1-11(23-15-6-4-5-13(18)16(15)19)17(22)20-9-14(21(2)3)12-7-8-24-10-12/h4-8,10-11,14H,9H2,1-3H3,(H,20,22). The maximum absolute atomic E-state index is 12.3. The second-order valence-electron chi connectivity index (χ2n) is 5.59. The Morgan fingerprint density at radius 3 is 2.71 bits per heavy atom. The number of hydrogen-bond donors (Lipinski definition) is 1. The summed E-state index contributed by atoms with van der Waals surface area (Å²) in [6, 6.07) is 7.26. The lowest BCUT2D eigenvalue weighted by atomic mass is 10.1. The molecule has 2 unspecified atom stereocenters. The van der Waals surface area contributed by atoms with Gasteiger partial charge in [0.25, 0.3) is 5.91 Å². The second-order valence-corrected chi connectivity index (χ2v) is 7.16. The van der Waals surface area contributed by atoms with E-state index in [9.17, 15) is 4.79 Å². The van der Waals surface area contributed by atoms with Crippen LogP contribution in [0.3, 0.4) is 0 Å². The first-order valence-electron chi connectivity index (χ1n) is 7.47. The number of rotatable bonds is 7. The third kappa shape index (κ3) is 4.86. The first-order chi connectivity index (χ1) is 11.4. The van der Waals surface area contributed by atoms with Crippen molar-refractivity contribution in [1.29, 1.82) is 0 Å². The van der Waals surface area contributed by atoms with Crippen molar-refractivity contribution in [2.45, 2.75) is 19.1 Å². The van der Waals surface area contributed by atoms with Gasteiger partial charge in [-0.25, -0.2) is 0 Å². The second kappa shape index (κ2) is 8.72. The van der Waals surface area contributed by atoms with E-state index in [1.807, 2.05) is 19.5 Å². The highest BCUT2D eigenvalue weighted by molar-refractivity contribution is 7.07. The van der Waals surface area contributed by atoms with E-state index in [0.717, 1.165) is 0 Å². The van der Waals surface area contributed by atoms with E-state index in [1.54, 1.807) is 36.5 Å². The van der Waals surface area contributed by atoms with Gasteiger partial charge in [0, 0.05) is 6.54 Å². The van der Waals surface area contributed by atoms with E-state index in [4.69, 9.17) is 27.9 Å². The van der Waals surface area contributed by atoms with E-state index in [2.05, 4.69) is 21.7 Å². The zero-order valence-corrected chi connectivity index (χ0v) is 16.1. The van der Waals surface area contributed by atoms with Crippen LogP contribution >= 0.6 is 34.5 Å². The fourth-order valence-electron chi connectivity index (χ4n) is 2.22. The summed E-state index contributed by atoms with van der Waals surface area (Å²) >= 11 is 13.7. The van der Waals surface area contributed by atoms with Gasteiger partial charge < -0.3 is 15.0 Å².